The number of rotatable bonds is 2. The summed E-state index contributed by atoms with van der Waals surface area (Å²) in [5.41, 5.74) is 6.94. The lowest BCUT2D eigenvalue weighted by Gasteiger charge is -2.32. The number of nitrogens with zero attached hydrogens (tertiary/aromatic N) is 1. The molecule has 1 saturated carbocycles. The second-order valence-electron chi connectivity index (χ2n) is 5.09. The van der Waals surface area contributed by atoms with E-state index in [1.165, 1.54) is 14.8 Å². The van der Waals surface area contributed by atoms with Crippen LogP contribution < -0.4 is 10.5 Å². The van der Waals surface area contributed by atoms with Gasteiger partial charge in [-0.3, -0.25) is 0 Å². The summed E-state index contributed by atoms with van der Waals surface area (Å²) >= 11 is 3.47. The molecule has 1 fully saturated rings. The van der Waals surface area contributed by atoms with Gasteiger partial charge in [0.2, 0.25) is 0 Å². The predicted octanol–water partition coefficient (Wildman–Crippen LogP) is 3.69. The topological polar surface area (TPSA) is 48.1 Å². The maximum atomic E-state index is 6.12. The van der Waals surface area contributed by atoms with Crippen LogP contribution in [-0.4, -0.2) is 17.1 Å². The van der Waals surface area contributed by atoms with Crippen molar-refractivity contribution in [2.24, 2.45) is 5.73 Å². The first kappa shape index (κ1) is 11.6. The zero-order valence-electron chi connectivity index (χ0n) is 10.6. The summed E-state index contributed by atoms with van der Waals surface area (Å²) in [7, 11) is 0. The van der Waals surface area contributed by atoms with Crippen LogP contribution in [0, 0.1) is 6.92 Å². The average molecular weight is 290 g/mol. The number of aryl methyl sites for hydroxylation is 1. The summed E-state index contributed by atoms with van der Waals surface area (Å²) in [6, 6.07) is 4.58. The van der Waals surface area contributed by atoms with Crippen molar-refractivity contribution in [1.82, 2.24) is 4.98 Å². The number of aromatic nitrogens is 1. The maximum Gasteiger partial charge on any atom is 0.129 e. The Hall–Kier alpha value is -1.17. The van der Waals surface area contributed by atoms with Crippen molar-refractivity contribution in [3.8, 4) is 5.75 Å². The highest BCUT2D eigenvalue weighted by atomic mass is 32.1. The van der Waals surface area contributed by atoms with Crippen LogP contribution >= 0.6 is 22.7 Å². The van der Waals surface area contributed by atoms with E-state index in [0.29, 0.717) is 6.04 Å². The van der Waals surface area contributed by atoms with E-state index >= 15 is 0 Å². The van der Waals surface area contributed by atoms with Crippen molar-refractivity contribution in [2.75, 3.05) is 0 Å². The number of fused-ring (bicyclic) bond motifs is 3. The van der Waals surface area contributed by atoms with Crippen molar-refractivity contribution in [2.45, 2.75) is 31.9 Å². The molecular weight excluding hydrogens is 276 g/mol. The maximum absolute atomic E-state index is 6.12. The second kappa shape index (κ2) is 4.16. The highest BCUT2D eigenvalue weighted by Gasteiger charge is 2.28. The van der Waals surface area contributed by atoms with Crippen molar-refractivity contribution < 1.29 is 4.74 Å². The monoisotopic (exact) mass is 290 g/mol. The Morgan fingerprint density at radius 2 is 2.26 bits per heavy atom. The van der Waals surface area contributed by atoms with Gasteiger partial charge in [-0.25, -0.2) is 4.98 Å². The number of thiazole rings is 1. The van der Waals surface area contributed by atoms with E-state index in [4.69, 9.17) is 10.5 Å². The number of benzene rings is 1. The summed E-state index contributed by atoms with van der Waals surface area (Å²) in [5.74, 6) is 0.990. The quantitative estimate of drug-likeness (QED) is 0.783. The smallest absolute Gasteiger partial charge is 0.129 e. The van der Waals surface area contributed by atoms with Crippen LogP contribution in [0.25, 0.3) is 20.3 Å². The van der Waals surface area contributed by atoms with E-state index in [1.54, 1.807) is 22.7 Å². The molecule has 3 nitrogen and oxygen atoms in total. The van der Waals surface area contributed by atoms with E-state index in [9.17, 15) is 0 Å². The van der Waals surface area contributed by atoms with Gasteiger partial charge >= 0.3 is 0 Å². The zero-order chi connectivity index (χ0) is 13.0. The number of hydrogen-bond donors (Lipinski definition) is 1. The Morgan fingerprint density at radius 1 is 1.42 bits per heavy atom. The highest BCUT2D eigenvalue weighted by molar-refractivity contribution is 7.21. The first-order valence-electron chi connectivity index (χ1n) is 6.40. The molecule has 2 N–H and O–H groups in total. The summed E-state index contributed by atoms with van der Waals surface area (Å²) < 4.78 is 8.57. The van der Waals surface area contributed by atoms with Gasteiger partial charge < -0.3 is 10.5 Å². The Morgan fingerprint density at radius 3 is 3.05 bits per heavy atom. The highest BCUT2D eigenvalue weighted by Crippen LogP contribution is 2.40. The standard InChI is InChI=1S/C14H14N2OS2/c1-7-16-13-12(19-7)6-11(10-2-3-18-14(10)13)17-9-4-8(15)5-9/h2-3,6,8-9H,4-5,15H2,1H3. The molecule has 0 saturated heterocycles. The van der Waals surface area contributed by atoms with Gasteiger partial charge in [0, 0.05) is 17.5 Å². The summed E-state index contributed by atoms with van der Waals surface area (Å²) in [5, 5.41) is 4.40. The summed E-state index contributed by atoms with van der Waals surface area (Å²) in [6.45, 7) is 2.05. The third kappa shape index (κ3) is 1.84. The molecule has 0 radical (unpaired) electrons. The minimum absolute atomic E-state index is 0.282. The third-order valence-electron chi connectivity index (χ3n) is 3.59. The Balaban J connectivity index is 1.85. The molecule has 1 aliphatic rings. The van der Waals surface area contributed by atoms with E-state index in [-0.39, 0.29) is 6.10 Å². The van der Waals surface area contributed by atoms with Crippen molar-refractivity contribution in [3.63, 3.8) is 0 Å². The predicted molar refractivity (Wildman–Crippen MR) is 81.4 cm³/mol. The summed E-state index contributed by atoms with van der Waals surface area (Å²) in [4.78, 5) is 4.63. The fourth-order valence-corrected chi connectivity index (χ4v) is 4.40. The van der Waals surface area contributed by atoms with Gasteiger partial charge in [-0.05, 0) is 31.2 Å². The molecule has 1 aliphatic carbocycles. The lowest BCUT2D eigenvalue weighted by Crippen LogP contribution is -2.43. The third-order valence-corrected chi connectivity index (χ3v) is 5.43. The molecule has 19 heavy (non-hydrogen) atoms. The number of nitrogens with two attached hydrogens (primary N) is 1. The Kier molecular flexibility index (Phi) is 2.55. The van der Waals surface area contributed by atoms with Gasteiger partial charge in [-0.1, -0.05) is 0 Å². The van der Waals surface area contributed by atoms with Gasteiger partial charge in [-0.2, -0.15) is 0 Å². The molecule has 0 amide bonds. The van der Waals surface area contributed by atoms with Crippen LogP contribution in [0.15, 0.2) is 17.5 Å². The van der Waals surface area contributed by atoms with E-state index in [1.807, 2.05) is 0 Å². The summed E-state index contributed by atoms with van der Waals surface area (Å²) in [6.07, 6.45) is 2.21. The van der Waals surface area contributed by atoms with Crippen molar-refractivity contribution >= 4 is 43.0 Å². The van der Waals surface area contributed by atoms with E-state index in [2.05, 4.69) is 29.4 Å². The van der Waals surface area contributed by atoms with Gasteiger partial charge in [0.15, 0.2) is 0 Å². The molecule has 0 atom stereocenters. The van der Waals surface area contributed by atoms with Crippen LogP contribution in [0.5, 0.6) is 5.75 Å². The van der Waals surface area contributed by atoms with Crippen LogP contribution in [0.1, 0.15) is 17.8 Å². The fourth-order valence-electron chi connectivity index (χ4n) is 2.57. The molecular formula is C14H14N2OS2. The Bertz CT molecular complexity index is 755. The molecule has 0 unspecified atom stereocenters. The lowest BCUT2D eigenvalue weighted by molar-refractivity contribution is 0.103. The number of hydrogen-bond acceptors (Lipinski definition) is 5. The van der Waals surface area contributed by atoms with E-state index in [0.717, 1.165) is 29.1 Å². The van der Waals surface area contributed by atoms with Crippen molar-refractivity contribution in [3.05, 3.63) is 22.5 Å². The second-order valence-corrected chi connectivity index (χ2v) is 7.24. The van der Waals surface area contributed by atoms with Crippen LogP contribution in [0.3, 0.4) is 0 Å². The molecule has 5 heteroatoms. The Labute approximate surface area is 119 Å². The molecule has 1 aromatic carbocycles. The van der Waals surface area contributed by atoms with Crippen molar-refractivity contribution in [1.29, 1.82) is 0 Å². The van der Waals surface area contributed by atoms with E-state index < -0.39 is 0 Å². The average Bonchev–Trinajstić information content (AvgIpc) is 2.91. The molecule has 2 heterocycles. The molecule has 0 bridgehead atoms. The van der Waals surface area contributed by atoms with Gasteiger partial charge in [-0.15, -0.1) is 22.7 Å². The van der Waals surface area contributed by atoms with Crippen LogP contribution in [-0.2, 0) is 0 Å². The molecule has 2 aromatic heterocycles. The largest absolute Gasteiger partial charge is 0.490 e. The van der Waals surface area contributed by atoms with Crippen LogP contribution in [0.2, 0.25) is 0 Å². The van der Waals surface area contributed by atoms with Gasteiger partial charge in [0.1, 0.15) is 11.9 Å². The first-order chi connectivity index (χ1) is 9.20. The fraction of sp³-hybridized carbons (Fsp3) is 0.357. The normalized spacial score (nSPS) is 22.8. The lowest BCUT2D eigenvalue weighted by atomic mass is 9.90. The van der Waals surface area contributed by atoms with Gasteiger partial charge in [0.05, 0.1) is 19.9 Å². The SMILES string of the molecule is Cc1nc2c(cc(OC3CC(N)C3)c3ccsc32)s1. The molecule has 98 valence electrons. The minimum atomic E-state index is 0.282. The number of thiophene rings is 1. The van der Waals surface area contributed by atoms with Crippen LogP contribution in [0.4, 0.5) is 0 Å². The molecule has 0 aliphatic heterocycles. The minimum Gasteiger partial charge on any atom is -0.490 e. The first-order valence-corrected chi connectivity index (χ1v) is 8.10. The molecule has 3 aromatic rings. The zero-order valence-corrected chi connectivity index (χ0v) is 12.2. The molecule has 0 spiro atoms. The number of ether oxygens (including phenoxy) is 1. The van der Waals surface area contributed by atoms with Gasteiger partial charge in [0.25, 0.3) is 0 Å². The molecule has 4 rings (SSSR count).